The van der Waals surface area contributed by atoms with Gasteiger partial charge in [-0.15, -0.1) is 0 Å². The summed E-state index contributed by atoms with van der Waals surface area (Å²) in [6.07, 6.45) is 0. The molecular weight excluding hydrogens is 391 g/mol. The van der Waals surface area contributed by atoms with E-state index in [1.807, 2.05) is 0 Å². The van der Waals surface area contributed by atoms with Gasteiger partial charge in [0.05, 0.1) is 0 Å². The molecule has 0 rings (SSSR count). The molecule has 0 unspecified atom stereocenters. The first-order valence-corrected chi connectivity index (χ1v) is 0. The van der Waals surface area contributed by atoms with E-state index in [1.165, 1.54) is 0 Å². The van der Waals surface area contributed by atoms with Crippen LogP contribution in [0.2, 0.25) is 0 Å². The van der Waals surface area contributed by atoms with Crippen molar-refractivity contribution in [3.05, 3.63) is 0 Å². The molecule has 0 aromatic rings. The average Bonchev–Trinajstić information content (AvgIpc) is 0. The van der Waals surface area contributed by atoms with E-state index in [1.54, 1.807) is 0 Å². The third kappa shape index (κ3) is 18.6. The van der Waals surface area contributed by atoms with E-state index < -0.39 is 0 Å². The largest absolute Gasteiger partial charge is 0 e. The molecule has 0 spiro atoms. The van der Waals surface area contributed by atoms with Crippen LogP contribution in [0.4, 0.5) is 0 Å². The summed E-state index contributed by atoms with van der Waals surface area (Å²) < 4.78 is 0. The minimum Gasteiger partial charge on any atom is 0 e. The second-order valence-corrected chi connectivity index (χ2v) is 0. The molecule has 0 fully saturated rings. The van der Waals surface area contributed by atoms with Crippen molar-refractivity contribution in [2.24, 2.45) is 0 Å². The van der Waals surface area contributed by atoms with Crippen LogP contribution in [0, 0.1) is 0 Å². The first-order valence-electron chi connectivity index (χ1n) is 0. The Labute approximate surface area is 104 Å². The Kier molecular flexibility index (Phi) is 205. The molecular formula is H7CrSbSnTiV. The zero-order valence-electron chi connectivity index (χ0n) is 2.06. The van der Waals surface area contributed by atoms with Gasteiger partial charge in [0.1, 0.15) is 0 Å². The van der Waals surface area contributed by atoms with Gasteiger partial charge in [0.2, 0.25) is 0 Å². The van der Waals surface area contributed by atoms with E-state index in [4.69, 9.17) is 0 Å². The maximum atomic E-state index is 0. The molecule has 0 aliphatic rings. The maximum absolute atomic E-state index is 0. The molecule has 0 aliphatic carbocycles. The average molecular weight is 398 g/mol. The summed E-state index contributed by atoms with van der Waals surface area (Å²) in [4.78, 5) is 0. The number of hydrogen-bond acceptors (Lipinski definition) is 0. The quantitative estimate of drug-likeness (QED) is 0.392. The Bertz CT molecular complexity index is 11.6. The molecule has 0 aliphatic heterocycles. The first-order chi connectivity index (χ1) is 0. The third-order valence-electron chi connectivity index (χ3n) is 0. The molecule has 0 aromatic heterocycles. The van der Waals surface area contributed by atoms with Crippen LogP contribution in [0.25, 0.3) is 0 Å². The zero-order valence-corrected chi connectivity index (χ0v) is 10.3. The van der Waals surface area contributed by atoms with Crippen LogP contribution in [0.1, 0.15) is 0 Å². The molecule has 0 amide bonds. The smallest absolute Gasteiger partial charge is 0 e. The van der Waals surface area contributed by atoms with Crippen molar-refractivity contribution in [1.82, 2.24) is 0 Å². The molecule has 0 N–H and O–H groups in total. The van der Waals surface area contributed by atoms with Gasteiger partial charge < -0.3 is 0 Å². The monoisotopic (exact) mass is 399 g/mol. The number of hydrogen-bond donors (Lipinski definition) is 0. The van der Waals surface area contributed by atoms with Crippen LogP contribution in [0.15, 0.2) is 0 Å². The molecule has 0 nitrogen and oxygen atoms in total. The van der Waals surface area contributed by atoms with Gasteiger partial charge in [0, 0.05) is 57.6 Å². The van der Waals surface area contributed by atoms with Crippen LogP contribution in [0.5, 0.6) is 0 Å². The predicted octanol–water partition coefficient (Wildman–Crippen LogP) is -2.64. The summed E-state index contributed by atoms with van der Waals surface area (Å²) in [5.41, 5.74) is 0. The SMILES string of the molecule is [Cr].[SbH3].[SnH4].[Ti].[V]. The molecule has 0 saturated carbocycles. The van der Waals surface area contributed by atoms with Crippen molar-refractivity contribution < 1.29 is 57.6 Å². The minimum atomic E-state index is 0. The third-order valence-corrected chi connectivity index (χ3v) is 0. The van der Waals surface area contributed by atoms with Crippen molar-refractivity contribution >= 4 is 48.3 Å². The fraction of sp³-hybridized carbons (Fsp3) is 0. The summed E-state index contributed by atoms with van der Waals surface area (Å²) in [6.45, 7) is 0. The molecule has 1 radical (unpaired) electrons. The Balaban J connectivity index is 0. The molecule has 0 heterocycles. The fourth-order valence-electron chi connectivity index (χ4n) is 0. The summed E-state index contributed by atoms with van der Waals surface area (Å²) in [6, 6.07) is 0. The van der Waals surface area contributed by atoms with Gasteiger partial charge in [-0.25, -0.2) is 0 Å². The topological polar surface area (TPSA) is 0 Å². The van der Waals surface area contributed by atoms with Crippen molar-refractivity contribution in [3.8, 4) is 0 Å². The van der Waals surface area contributed by atoms with E-state index >= 15 is 0 Å². The van der Waals surface area contributed by atoms with Crippen LogP contribution >= 0.6 is 0 Å². The van der Waals surface area contributed by atoms with Crippen molar-refractivity contribution in [3.63, 3.8) is 0 Å². The Hall–Kier alpha value is 3.45. The van der Waals surface area contributed by atoms with Gasteiger partial charge in [0.15, 0.2) is 0 Å². The Morgan fingerprint density at radius 1 is 1.00 bits per heavy atom. The van der Waals surface area contributed by atoms with E-state index in [-0.39, 0.29) is 106 Å². The van der Waals surface area contributed by atoms with Crippen molar-refractivity contribution in [2.45, 2.75) is 0 Å². The van der Waals surface area contributed by atoms with E-state index in [0.29, 0.717) is 0 Å². The van der Waals surface area contributed by atoms with Crippen LogP contribution in [-0.4, -0.2) is 48.3 Å². The zero-order chi connectivity index (χ0) is 0. The molecule has 0 saturated heterocycles. The Morgan fingerprint density at radius 2 is 1.00 bits per heavy atom. The summed E-state index contributed by atoms with van der Waals surface area (Å²) in [7, 11) is 0. The molecule has 0 aromatic carbocycles. The van der Waals surface area contributed by atoms with Crippen molar-refractivity contribution in [2.75, 3.05) is 0 Å². The molecule has 0 bridgehead atoms. The van der Waals surface area contributed by atoms with Crippen LogP contribution in [-0.2, 0) is 57.6 Å². The van der Waals surface area contributed by atoms with E-state index in [9.17, 15) is 0 Å². The molecule has 0 atom stereocenters. The second-order valence-electron chi connectivity index (χ2n) is 0. The standard InChI is InChI=1S/Cr.Sb.Sn.Ti.V.7H. The van der Waals surface area contributed by atoms with E-state index in [0.717, 1.165) is 0 Å². The van der Waals surface area contributed by atoms with Gasteiger partial charge >= 0.3 is 48.3 Å². The second kappa shape index (κ2) is 26.0. The molecule has 5 heavy (non-hydrogen) atoms. The Morgan fingerprint density at radius 3 is 1.00 bits per heavy atom. The van der Waals surface area contributed by atoms with Crippen molar-refractivity contribution in [1.29, 1.82) is 0 Å². The summed E-state index contributed by atoms with van der Waals surface area (Å²) >= 11 is 0. The maximum Gasteiger partial charge on any atom is 0 e. The minimum absolute atomic E-state index is 0. The predicted molar refractivity (Wildman–Crippen MR) is 21.3 cm³/mol. The van der Waals surface area contributed by atoms with Gasteiger partial charge in [0.25, 0.3) is 0 Å². The first kappa shape index (κ1) is 39.4. The van der Waals surface area contributed by atoms with Crippen LogP contribution in [0.3, 0.4) is 0 Å². The summed E-state index contributed by atoms with van der Waals surface area (Å²) in [5, 5.41) is 0. The fourth-order valence-corrected chi connectivity index (χ4v) is 0. The molecule has 31 valence electrons. The number of rotatable bonds is 0. The summed E-state index contributed by atoms with van der Waals surface area (Å²) in [5.74, 6) is 0. The van der Waals surface area contributed by atoms with Crippen LogP contribution < -0.4 is 0 Å². The van der Waals surface area contributed by atoms with E-state index in [2.05, 4.69) is 0 Å². The molecule has 5 heteroatoms. The van der Waals surface area contributed by atoms with Gasteiger partial charge in [-0.3, -0.25) is 0 Å². The van der Waals surface area contributed by atoms with Gasteiger partial charge in [-0.05, 0) is 0 Å². The normalized spacial score (nSPS) is 0. The van der Waals surface area contributed by atoms with Gasteiger partial charge in [-0.2, -0.15) is 0 Å². The van der Waals surface area contributed by atoms with Gasteiger partial charge in [-0.1, -0.05) is 0 Å².